The van der Waals surface area contributed by atoms with Gasteiger partial charge in [-0.2, -0.15) is 20.1 Å². The Hall–Kier alpha value is -3.24. The van der Waals surface area contributed by atoms with Crippen molar-refractivity contribution >= 4 is 29.9 Å². The van der Waals surface area contributed by atoms with Crippen LogP contribution in [0.2, 0.25) is 0 Å². The lowest BCUT2D eigenvalue weighted by Gasteiger charge is -2.12. The number of hydrogen-bond donors (Lipinski definition) is 3. The highest BCUT2D eigenvalue weighted by Gasteiger charge is 2.10. The van der Waals surface area contributed by atoms with Gasteiger partial charge in [0, 0.05) is 13.1 Å². The number of anilines is 3. The normalized spacial score (nSPS) is 12.1. The molecule has 128 valence electrons. The van der Waals surface area contributed by atoms with E-state index < -0.39 is 4.92 Å². The van der Waals surface area contributed by atoms with Crippen LogP contribution in [0.5, 0.6) is 0 Å². The Morgan fingerprint density at radius 3 is 2.67 bits per heavy atom. The Morgan fingerprint density at radius 2 is 2.04 bits per heavy atom. The molecule has 2 aromatic heterocycles. The number of nitrogens with zero attached hydrogens (tertiary/aromatic N) is 5. The molecule has 0 aliphatic rings. The summed E-state index contributed by atoms with van der Waals surface area (Å²) in [6.07, 6.45) is 2.20. The minimum absolute atomic E-state index is 0.206. The molecular formula is C13H18N8O3. The van der Waals surface area contributed by atoms with E-state index in [0.29, 0.717) is 11.9 Å². The molecule has 11 heteroatoms. The first-order valence-corrected chi connectivity index (χ1v) is 7.25. The van der Waals surface area contributed by atoms with Gasteiger partial charge in [-0.25, -0.2) is 5.43 Å². The fourth-order valence-corrected chi connectivity index (χ4v) is 1.59. The Morgan fingerprint density at radius 1 is 1.33 bits per heavy atom. The van der Waals surface area contributed by atoms with Crippen LogP contribution in [0.3, 0.4) is 0 Å². The lowest BCUT2D eigenvalue weighted by atomic mass is 10.3. The van der Waals surface area contributed by atoms with Gasteiger partial charge in [-0.3, -0.25) is 10.1 Å². The van der Waals surface area contributed by atoms with E-state index in [4.69, 9.17) is 4.42 Å². The molecule has 11 nitrogen and oxygen atoms in total. The van der Waals surface area contributed by atoms with Gasteiger partial charge >= 0.3 is 5.88 Å². The van der Waals surface area contributed by atoms with Crippen molar-refractivity contribution < 1.29 is 9.34 Å². The Kier molecular flexibility index (Phi) is 5.60. The summed E-state index contributed by atoms with van der Waals surface area (Å²) in [5.41, 5.74) is 2.64. The first-order valence-electron chi connectivity index (χ1n) is 7.25. The van der Waals surface area contributed by atoms with Gasteiger partial charge in [0.2, 0.25) is 17.8 Å². The summed E-state index contributed by atoms with van der Waals surface area (Å²) in [4.78, 5) is 22.4. The monoisotopic (exact) mass is 334 g/mol. The van der Waals surface area contributed by atoms with Gasteiger partial charge in [0.1, 0.15) is 4.92 Å². The van der Waals surface area contributed by atoms with E-state index in [1.807, 2.05) is 13.8 Å². The van der Waals surface area contributed by atoms with Crippen molar-refractivity contribution in [2.75, 3.05) is 23.1 Å². The van der Waals surface area contributed by atoms with Crippen LogP contribution in [0.15, 0.2) is 21.7 Å². The van der Waals surface area contributed by atoms with Crippen molar-refractivity contribution in [3.63, 3.8) is 0 Å². The van der Waals surface area contributed by atoms with Crippen LogP contribution in [-0.4, -0.2) is 39.2 Å². The van der Waals surface area contributed by atoms with Gasteiger partial charge in [-0.05, 0) is 19.4 Å². The van der Waals surface area contributed by atoms with E-state index in [-0.39, 0.29) is 23.6 Å². The summed E-state index contributed by atoms with van der Waals surface area (Å²) >= 11 is 0. The average Bonchev–Trinajstić information content (AvgIpc) is 3.03. The van der Waals surface area contributed by atoms with E-state index in [1.165, 1.54) is 18.3 Å². The minimum Gasteiger partial charge on any atom is -0.400 e. The zero-order valence-electron chi connectivity index (χ0n) is 13.5. The molecule has 0 aliphatic carbocycles. The topological polar surface area (TPSA) is 143 Å². The minimum atomic E-state index is -0.622. The van der Waals surface area contributed by atoms with Crippen molar-refractivity contribution in [1.82, 2.24) is 15.0 Å². The standard InChI is InChI=1S/C13H18N8O3/c1-4-8(2)16-12-17-11(14-3)18-13(19-12)20-15-7-9-5-6-10(24-9)21(22)23/h5-8H,4H2,1-3H3,(H3,14,16,17,18,19,20)/b15-7+. The Labute approximate surface area is 137 Å². The maximum absolute atomic E-state index is 10.5. The predicted molar refractivity (Wildman–Crippen MR) is 89.3 cm³/mol. The summed E-state index contributed by atoms with van der Waals surface area (Å²) in [7, 11) is 1.69. The summed E-state index contributed by atoms with van der Waals surface area (Å²) in [6.45, 7) is 4.06. The van der Waals surface area contributed by atoms with Crippen LogP contribution in [0, 0.1) is 10.1 Å². The SMILES string of the molecule is CCC(C)Nc1nc(NC)nc(N/N=C/c2ccc([N+](=O)[O-])o2)n1. The molecule has 0 amide bonds. The zero-order chi connectivity index (χ0) is 17.5. The number of rotatable bonds is 8. The molecule has 0 radical (unpaired) electrons. The van der Waals surface area contributed by atoms with Gasteiger partial charge in [0.05, 0.1) is 12.3 Å². The van der Waals surface area contributed by atoms with Gasteiger partial charge in [-0.1, -0.05) is 6.92 Å². The fraction of sp³-hybridized carbons (Fsp3) is 0.385. The second-order valence-electron chi connectivity index (χ2n) is 4.81. The summed E-state index contributed by atoms with van der Waals surface area (Å²) in [5, 5.41) is 20.4. The van der Waals surface area contributed by atoms with Gasteiger partial charge in [0.15, 0.2) is 5.76 Å². The van der Waals surface area contributed by atoms with Crippen molar-refractivity contribution in [1.29, 1.82) is 0 Å². The van der Waals surface area contributed by atoms with Crippen LogP contribution in [0.1, 0.15) is 26.0 Å². The first-order chi connectivity index (χ1) is 11.5. The molecule has 2 rings (SSSR count). The summed E-state index contributed by atoms with van der Waals surface area (Å²) < 4.78 is 4.95. The van der Waals surface area contributed by atoms with Crippen molar-refractivity contribution in [3.05, 3.63) is 28.0 Å². The number of hydrazone groups is 1. The third-order valence-corrected chi connectivity index (χ3v) is 3.00. The van der Waals surface area contributed by atoms with Crippen LogP contribution in [0.4, 0.5) is 23.7 Å². The molecule has 0 bridgehead atoms. The highest BCUT2D eigenvalue weighted by molar-refractivity contribution is 5.76. The van der Waals surface area contributed by atoms with Crippen molar-refractivity contribution in [2.45, 2.75) is 26.3 Å². The summed E-state index contributed by atoms with van der Waals surface area (Å²) in [6, 6.07) is 2.89. The van der Waals surface area contributed by atoms with E-state index in [9.17, 15) is 10.1 Å². The molecule has 3 N–H and O–H groups in total. The number of aromatic nitrogens is 3. The maximum Gasteiger partial charge on any atom is 0.433 e. The quantitative estimate of drug-likeness (QED) is 0.375. The van der Waals surface area contributed by atoms with Gasteiger partial charge in [-0.15, -0.1) is 0 Å². The molecule has 2 aromatic rings. The Balaban J connectivity index is 2.08. The van der Waals surface area contributed by atoms with Crippen LogP contribution < -0.4 is 16.1 Å². The van der Waals surface area contributed by atoms with E-state index in [0.717, 1.165) is 6.42 Å². The van der Waals surface area contributed by atoms with Crippen LogP contribution in [-0.2, 0) is 0 Å². The second-order valence-corrected chi connectivity index (χ2v) is 4.81. The highest BCUT2D eigenvalue weighted by Crippen LogP contribution is 2.14. The van der Waals surface area contributed by atoms with Gasteiger partial charge in [0.25, 0.3) is 0 Å². The Bertz CT molecular complexity index is 730. The van der Waals surface area contributed by atoms with E-state index >= 15 is 0 Å². The van der Waals surface area contributed by atoms with E-state index in [2.05, 4.69) is 36.1 Å². The first kappa shape index (κ1) is 17.1. The molecule has 1 unspecified atom stereocenters. The third kappa shape index (κ3) is 4.63. The molecule has 2 heterocycles. The average molecular weight is 334 g/mol. The summed E-state index contributed by atoms with van der Waals surface area (Å²) in [5.74, 6) is 0.888. The molecule has 24 heavy (non-hydrogen) atoms. The molecule has 0 aromatic carbocycles. The molecule has 0 saturated carbocycles. The highest BCUT2D eigenvalue weighted by atomic mass is 16.6. The molecule has 0 aliphatic heterocycles. The van der Waals surface area contributed by atoms with E-state index in [1.54, 1.807) is 7.05 Å². The molecular weight excluding hydrogens is 316 g/mol. The molecule has 0 saturated heterocycles. The molecule has 0 fully saturated rings. The van der Waals surface area contributed by atoms with Gasteiger partial charge < -0.3 is 15.1 Å². The van der Waals surface area contributed by atoms with Crippen molar-refractivity contribution in [3.8, 4) is 0 Å². The molecule has 0 spiro atoms. The second kappa shape index (κ2) is 7.85. The van der Waals surface area contributed by atoms with Crippen LogP contribution in [0.25, 0.3) is 0 Å². The largest absolute Gasteiger partial charge is 0.433 e. The fourth-order valence-electron chi connectivity index (χ4n) is 1.59. The number of furan rings is 1. The van der Waals surface area contributed by atoms with Crippen LogP contribution >= 0.6 is 0 Å². The number of nitrogens with one attached hydrogen (secondary N) is 3. The predicted octanol–water partition coefficient (Wildman–Crippen LogP) is 2.07. The number of hydrogen-bond acceptors (Lipinski definition) is 10. The third-order valence-electron chi connectivity index (χ3n) is 3.00. The molecule has 1 atom stereocenters. The zero-order valence-corrected chi connectivity index (χ0v) is 13.5. The maximum atomic E-state index is 10.5. The lowest BCUT2D eigenvalue weighted by Crippen LogP contribution is -2.17. The van der Waals surface area contributed by atoms with Crippen molar-refractivity contribution in [2.24, 2.45) is 5.10 Å². The smallest absolute Gasteiger partial charge is 0.400 e. The lowest BCUT2D eigenvalue weighted by molar-refractivity contribution is -0.402. The number of nitro groups is 1.